The molecule has 0 radical (unpaired) electrons. The fraction of sp³-hybridized carbons (Fsp3) is 0.176. The Balaban J connectivity index is 1.94. The van der Waals surface area contributed by atoms with Gasteiger partial charge in [0.05, 0.1) is 6.42 Å². The molecule has 21 heavy (non-hydrogen) atoms. The monoisotopic (exact) mass is 283 g/mol. The highest BCUT2D eigenvalue weighted by atomic mass is 16.4. The Hall–Kier alpha value is -2.62. The van der Waals surface area contributed by atoms with Crippen LogP contribution in [0.3, 0.4) is 0 Å². The van der Waals surface area contributed by atoms with Crippen molar-refractivity contribution < 1.29 is 14.7 Å². The number of aryl methyl sites for hydroxylation is 1. The van der Waals surface area contributed by atoms with Crippen LogP contribution in [-0.4, -0.2) is 17.0 Å². The Kier molecular flexibility index (Phi) is 5.10. The minimum atomic E-state index is -0.825. The number of carboxylic acids is 1. The van der Waals surface area contributed by atoms with Gasteiger partial charge in [-0.3, -0.25) is 9.59 Å². The van der Waals surface area contributed by atoms with Crippen LogP contribution in [0.2, 0.25) is 0 Å². The van der Waals surface area contributed by atoms with E-state index in [4.69, 9.17) is 5.11 Å². The molecule has 2 aromatic rings. The van der Waals surface area contributed by atoms with Crippen molar-refractivity contribution in [2.24, 2.45) is 0 Å². The third-order valence-electron chi connectivity index (χ3n) is 3.05. The van der Waals surface area contributed by atoms with E-state index < -0.39 is 5.97 Å². The largest absolute Gasteiger partial charge is 0.481 e. The second-order valence-corrected chi connectivity index (χ2v) is 4.80. The molecule has 4 nitrogen and oxygen atoms in total. The molecule has 0 fully saturated rings. The first-order valence-corrected chi connectivity index (χ1v) is 6.78. The van der Waals surface area contributed by atoms with Crippen molar-refractivity contribution in [2.75, 3.05) is 5.32 Å². The molecule has 2 rings (SSSR count). The Morgan fingerprint density at radius 3 is 2.38 bits per heavy atom. The summed E-state index contributed by atoms with van der Waals surface area (Å²) in [6, 6.07) is 16.8. The molecular formula is C17H17NO3. The molecule has 0 heterocycles. The lowest BCUT2D eigenvalue weighted by atomic mass is 10.1. The van der Waals surface area contributed by atoms with Crippen LogP contribution in [0.4, 0.5) is 5.69 Å². The highest BCUT2D eigenvalue weighted by Gasteiger charge is 2.05. The molecular weight excluding hydrogens is 266 g/mol. The molecule has 2 N–H and O–H groups in total. The molecule has 0 unspecified atom stereocenters. The third kappa shape index (κ3) is 5.10. The molecule has 0 bridgehead atoms. The first-order chi connectivity index (χ1) is 10.1. The summed E-state index contributed by atoms with van der Waals surface area (Å²) in [5, 5.41) is 11.5. The van der Waals surface area contributed by atoms with Gasteiger partial charge in [0.15, 0.2) is 0 Å². The van der Waals surface area contributed by atoms with Gasteiger partial charge >= 0.3 is 5.97 Å². The Morgan fingerprint density at radius 1 is 0.952 bits per heavy atom. The van der Waals surface area contributed by atoms with Gasteiger partial charge in [0.25, 0.3) is 0 Å². The molecule has 108 valence electrons. The summed E-state index contributed by atoms with van der Waals surface area (Å²) in [6.07, 6.45) is 0.860. The number of carbonyl (C=O) groups is 2. The Labute approximate surface area is 123 Å². The van der Waals surface area contributed by atoms with Crippen LogP contribution in [0.1, 0.15) is 17.5 Å². The average Bonchev–Trinajstić information content (AvgIpc) is 2.46. The number of carboxylic acid groups (broad SMARTS) is 1. The predicted octanol–water partition coefficient (Wildman–Crippen LogP) is 2.89. The third-order valence-corrected chi connectivity index (χ3v) is 3.05. The van der Waals surface area contributed by atoms with Gasteiger partial charge in [-0.2, -0.15) is 0 Å². The molecule has 0 aliphatic carbocycles. The molecule has 2 aromatic carbocycles. The summed E-state index contributed by atoms with van der Waals surface area (Å²) in [5.74, 6) is -0.912. The maximum atomic E-state index is 12.0. The van der Waals surface area contributed by atoms with Crippen LogP contribution < -0.4 is 5.32 Å². The van der Waals surface area contributed by atoms with Gasteiger partial charge < -0.3 is 10.4 Å². The van der Waals surface area contributed by atoms with Crippen molar-refractivity contribution in [3.8, 4) is 0 Å². The lowest BCUT2D eigenvalue weighted by Gasteiger charge is -2.07. The normalized spacial score (nSPS) is 10.1. The molecule has 0 atom stereocenters. The average molecular weight is 283 g/mol. The highest BCUT2D eigenvalue weighted by molar-refractivity contribution is 5.92. The molecule has 0 aliphatic heterocycles. The van der Waals surface area contributed by atoms with Gasteiger partial charge in [0.2, 0.25) is 5.91 Å². The molecule has 4 heteroatoms. The summed E-state index contributed by atoms with van der Waals surface area (Å²) in [6.45, 7) is 0. The predicted molar refractivity (Wildman–Crippen MR) is 81.2 cm³/mol. The van der Waals surface area contributed by atoms with E-state index in [-0.39, 0.29) is 12.3 Å². The minimum Gasteiger partial charge on any atom is -0.481 e. The Bertz CT molecular complexity index is 623. The van der Waals surface area contributed by atoms with Crippen LogP contribution in [0, 0.1) is 0 Å². The van der Waals surface area contributed by atoms with Crippen molar-refractivity contribution in [3.63, 3.8) is 0 Å². The summed E-state index contributed by atoms with van der Waals surface area (Å²) < 4.78 is 0. The van der Waals surface area contributed by atoms with Crippen LogP contribution in [0.15, 0.2) is 54.6 Å². The second kappa shape index (κ2) is 7.24. The van der Waals surface area contributed by atoms with Gasteiger partial charge in [-0.25, -0.2) is 0 Å². The number of nitrogens with one attached hydrogen (secondary N) is 1. The molecule has 0 spiro atoms. The van der Waals surface area contributed by atoms with E-state index in [1.807, 2.05) is 48.5 Å². The fourth-order valence-electron chi connectivity index (χ4n) is 2.04. The van der Waals surface area contributed by atoms with E-state index in [1.54, 1.807) is 6.07 Å². The first kappa shape index (κ1) is 14.8. The second-order valence-electron chi connectivity index (χ2n) is 4.80. The van der Waals surface area contributed by atoms with E-state index in [1.165, 1.54) is 0 Å². The standard InChI is InChI=1S/C17H17NO3/c19-16(12-13-5-2-1-3-6-13)18-15-8-4-7-14(11-15)9-10-17(20)21/h1-8,11H,9-10,12H2,(H,18,19)(H,20,21). The lowest BCUT2D eigenvalue weighted by Crippen LogP contribution is -2.14. The van der Waals surface area contributed by atoms with Gasteiger partial charge in [-0.15, -0.1) is 0 Å². The molecule has 1 amide bonds. The molecule has 0 aliphatic rings. The molecule has 0 saturated heterocycles. The van der Waals surface area contributed by atoms with Crippen LogP contribution in [0.5, 0.6) is 0 Å². The van der Waals surface area contributed by atoms with Gasteiger partial charge in [0, 0.05) is 12.1 Å². The zero-order valence-electron chi connectivity index (χ0n) is 11.6. The highest BCUT2D eigenvalue weighted by Crippen LogP contribution is 2.13. The van der Waals surface area contributed by atoms with E-state index in [0.29, 0.717) is 18.5 Å². The smallest absolute Gasteiger partial charge is 0.303 e. The van der Waals surface area contributed by atoms with E-state index in [2.05, 4.69) is 5.32 Å². The van der Waals surface area contributed by atoms with Crippen molar-refractivity contribution >= 4 is 17.6 Å². The lowest BCUT2D eigenvalue weighted by molar-refractivity contribution is -0.137. The van der Waals surface area contributed by atoms with Crippen molar-refractivity contribution in [1.82, 2.24) is 0 Å². The number of hydrogen-bond donors (Lipinski definition) is 2. The maximum Gasteiger partial charge on any atom is 0.303 e. The van der Waals surface area contributed by atoms with Gasteiger partial charge in [-0.05, 0) is 29.7 Å². The maximum absolute atomic E-state index is 12.0. The number of aliphatic carboxylic acids is 1. The minimum absolute atomic E-state index is 0.0847. The SMILES string of the molecule is O=C(O)CCc1cccc(NC(=O)Cc2ccccc2)c1. The van der Waals surface area contributed by atoms with E-state index >= 15 is 0 Å². The number of benzene rings is 2. The molecule has 0 aromatic heterocycles. The van der Waals surface area contributed by atoms with Crippen molar-refractivity contribution in [1.29, 1.82) is 0 Å². The topological polar surface area (TPSA) is 66.4 Å². The number of hydrogen-bond acceptors (Lipinski definition) is 2. The Morgan fingerprint density at radius 2 is 1.67 bits per heavy atom. The van der Waals surface area contributed by atoms with Crippen LogP contribution >= 0.6 is 0 Å². The fourth-order valence-corrected chi connectivity index (χ4v) is 2.04. The van der Waals surface area contributed by atoms with Crippen LogP contribution in [0.25, 0.3) is 0 Å². The zero-order chi connectivity index (χ0) is 15.1. The van der Waals surface area contributed by atoms with Gasteiger partial charge in [0.1, 0.15) is 0 Å². The van der Waals surface area contributed by atoms with Crippen LogP contribution in [-0.2, 0) is 22.4 Å². The number of carbonyl (C=O) groups excluding carboxylic acids is 1. The summed E-state index contributed by atoms with van der Waals surface area (Å²) in [7, 11) is 0. The number of anilines is 1. The van der Waals surface area contributed by atoms with Gasteiger partial charge in [-0.1, -0.05) is 42.5 Å². The quantitative estimate of drug-likeness (QED) is 0.856. The van der Waals surface area contributed by atoms with E-state index in [9.17, 15) is 9.59 Å². The summed E-state index contributed by atoms with van der Waals surface area (Å²) in [5.41, 5.74) is 2.55. The van der Waals surface area contributed by atoms with E-state index in [0.717, 1.165) is 11.1 Å². The van der Waals surface area contributed by atoms with Crippen molar-refractivity contribution in [3.05, 3.63) is 65.7 Å². The zero-order valence-corrected chi connectivity index (χ0v) is 11.6. The molecule has 0 saturated carbocycles. The first-order valence-electron chi connectivity index (χ1n) is 6.78. The summed E-state index contributed by atoms with van der Waals surface area (Å²) >= 11 is 0. The number of amides is 1. The number of rotatable bonds is 6. The van der Waals surface area contributed by atoms with Crippen molar-refractivity contribution in [2.45, 2.75) is 19.3 Å². The summed E-state index contributed by atoms with van der Waals surface area (Å²) in [4.78, 5) is 22.5.